The normalized spacial score (nSPS) is 18.1. The quantitative estimate of drug-likeness (QED) is 0.829. The Kier molecular flexibility index (Phi) is 5.08. The number of aryl methyl sites for hydroxylation is 1. The van der Waals surface area contributed by atoms with Crippen molar-refractivity contribution in [3.8, 4) is 0 Å². The summed E-state index contributed by atoms with van der Waals surface area (Å²) in [6, 6.07) is 12.1. The number of amides is 1. The molecule has 120 valence electrons. The first kappa shape index (κ1) is 16.1. The van der Waals surface area contributed by atoms with E-state index in [-0.39, 0.29) is 11.9 Å². The maximum Gasteiger partial charge on any atom is 0.241 e. The molecule has 0 aliphatic carbocycles. The summed E-state index contributed by atoms with van der Waals surface area (Å²) in [7, 11) is 0. The lowest BCUT2D eigenvalue weighted by Crippen LogP contribution is -2.39. The molecule has 0 bridgehead atoms. The van der Waals surface area contributed by atoms with Gasteiger partial charge in [-0.1, -0.05) is 29.8 Å². The molecule has 0 saturated carbocycles. The Morgan fingerprint density at radius 1 is 1.39 bits per heavy atom. The Balaban J connectivity index is 1.66. The topological polar surface area (TPSA) is 45.2 Å². The van der Waals surface area contributed by atoms with E-state index >= 15 is 0 Å². The number of carbonyl (C=O) groups excluding carboxylic acids is 1. The van der Waals surface area contributed by atoms with Crippen molar-refractivity contribution in [2.75, 3.05) is 11.9 Å². The lowest BCUT2D eigenvalue weighted by molar-refractivity contribution is -0.120. The monoisotopic (exact) mass is 373 g/mol. The number of benzene rings is 1. The van der Waals surface area contributed by atoms with Gasteiger partial charge in [-0.15, -0.1) is 0 Å². The van der Waals surface area contributed by atoms with Crippen LogP contribution in [-0.2, 0) is 11.3 Å². The molecule has 5 heteroatoms. The summed E-state index contributed by atoms with van der Waals surface area (Å²) in [5.74, 6) is 0.0549. The zero-order chi connectivity index (χ0) is 16.2. The maximum absolute atomic E-state index is 12.6. The van der Waals surface area contributed by atoms with Gasteiger partial charge in [0.2, 0.25) is 5.91 Å². The molecule has 1 aliphatic heterocycles. The van der Waals surface area contributed by atoms with E-state index in [2.05, 4.69) is 62.3 Å². The number of pyridine rings is 1. The minimum absolute atomic E-state index is 0.0549. The van der Waals surface area contributed by atoms with E-state index in [9.17, 15) is 4.79 Å². The summed E-state index contributed by atoms with van der Waals surface area (Å²) < 4.78 is 0.762. The van der Waals surface area contributed by atoms with Crippen LogP contribution >= 0.6 is 15.9 Å². The SMILES string of the molecule is Cc1cccc(CN2CCCC2C(=O)Nc2ccc(Br)nc2)c1. The second-order valence-electron chi connectivity index (χ2n) is 5.98. The van der Waals surface area contributed by atoms with Gasteiger partial charge in [-0.3, -0.25) is 9.69 Å². The van der Waals surface area contributed by atoms with Gasteiger partial charge in [0.1, 0.15) is 4.60 Å². The van der Waals surface area contributed by atoms with Crippen molar-refractivity contribution >= 4 is 27.5 Å². The maximum atomic E-state index is 12.6. The van der Waals surface area contributed by atoms with Crippen LogP contribution in [0.1, 0.15) is 24.0 Å². The molecule has 1 amide bonds. The van der Waals surface area contributed by atoms with E-state index in [0.29, 0.717) is 0 Å². The van der Waals surface area contributed by atoms with Gasteiger partial charge in [0, 0.05) is 6.54 Å². The largest absolute Gasteiger partial charge is 0.323 e. The van der Waals surface area contributed by atoms with Crippen LogP contribution in [0, 0.1) is 6.92 Å². The molecule has 3 rings (SSSR count). The predicted octanol–water partition coefficient (Wildman–Crippen LogP) is 3.76. The third-order valence-corrected chi connectivity index (χ3v) is 4.60. The molecule has 1 atom stereocenters. The number of aromatic nitrogens is 1. The van der Waals surface area contributed by atoms with Crippen molar-refractivity contribution in [2.24, 2.45) is 0 Å². The lowest BCUT2D eigenvalue weighted by Gasteiger charge is -2.23. The lowest BCUT2D eigenvalue weighted by atomic mass is 10.1. The van der Waals surface area contributed by atoms with Gasteiger partial charge in [0.15, 0.2) is 0 Å². The summed E-state index contributed by atoms with van der Waals surface area (Å²) in [6.45, 7) is 3.88. The van der Waals surface area contributed by atoms with E-state index in [1.165, 1.54) is 11.1 Å². The first-order chi connectivity index (χ1) is 11.1. The van der Waals surface area contributed by atoms with Crippen molar-refractivity contribution in [2.45, 2.75) is 32.4 Å². The molecule has 0 radical (unpaired) electrons. The van der Waals surface area contributed by atoms with Gasteiger partial charge in [0.25, 0.3) is 0 Å². The fourth-order valence-electron chi connectivity index (χ4n) is 3.03. The van der Waals surface area contributed by atoms with Crippen molar-refractivity contribution in [1.82, 2.24) is 9.88 Å². The third kappa shape index (κ3) is 4.18. The van der Waals surface area contributed by atoms with Crippen molar-refractivity contribution in [3.05, 3.63) is 58.3 Å². The molecule has 0 spiro atoms. The van der Waals surface area contributed by atoms with E-state index < -0.39 is 0 Å². The summed E-state index contributed by atoms with van der Waals surface area (Å²) in [5.41, 5.74) is 3.25. The van der Waals surface area contributed by atoms with Gasteiger partial charge in [0.05, 0.1) is 17.9 Å². The third-order valence-electron chi connectivity index (χ3n) is 4.13. The van der Waals surface area contributed by atoms with Crippen LogP contribution in [0.15, 0.2) is 47.2 Å². The number of hydrogen-bond donors (Lipinski definition) is 1. The number of hydrogen-bond acceptors (Lipinski definition) is 3. The number of anilines is 1. The Morgan fingerprint density at radius 3 is 3.00 bits per heavy atom. The molecule has 1 fully saturated rings. The van der Waals surface area contributed by atoms with Crippen LogP contribution in [0.4, 0.5) is 5.69 Å². The highest BCUT2D eigenvalue weighted by Gasteiger charge is 2.30. The van der Waals surface area contributed by atoms with E-state index in [1.54, 1.807) is 6.20 Å². The highest BCUT2D eigenvalue weighted by molar-refractivity contribution is 9.10. The second-order valence-corrected chi connectivity index (χ2v) is 6.79. The smallest absolute Gasteiger partial charge is 0.241 e. The minimum Gasteiger partial charge on any atom is -0.323 e. The van der Waals surface area contributed by atoms with Crippen LogP contribution in [0.2, 0.25) is 0 Å². The van der Waals surface area contributed by atoms with Crippen LogP contribution < -0.4 is 5.32 Å². The number of rotatable bonds is 4. The molecule has 2 heterocycles. The number of nitrogens with one attached hydrogen (secondary N) is 1. The molecular weight excluding hydrogens is 354 g/mol. The van der Waals surface area contributed by atoms with E-state index in [1.807, 2.05) is 12.1 Å². The second kappa shape index (κ2) is 7.23. The minimum atomic E-state index is -0.0702. The molecule has 1 unspecified atom stereocenters. The van der Waals surface area contributed by atoms with Gasteiger partial charge >= 0.3 is 0 Å². The molecular formula is C18H20BrN3O. The van der Waals surface area contributed by atoms with E-state index in [0.717, 1.165) is 36.2 Å². The molecule has 1 aliphatic rings. The van der Waals surface area contributed by atoms with Crippen LogP contribution in [0.3, 0.4) is 0 Å². The molecule has 2 aromatic rings. The van der Waals surface area contributed by atoms with Gasteiger partial charge in [-0.25, -0.2) is 4.98 Å². The Hall–Kier alpha value is -1.72. The molecule has 1 aromatic heterocycles. The van der Waals surface area contributed by atoms with Crippen molar-refractivity contribution in [1.29, 1.82) is 0 Å². The zero-order valence-electron chi connectivity index (χ0n) is 13.1. The Morgan fingerprint density at radius 2 is 2.26 bits per heavy atom. The summed E-state index contributed by atoms with van der Waals surface area (Å²) in [4.78, 5) is 19.0. The molecule has 4 nitrogen and oxygen atoms in total. The number of carbonyl (C=O) groups is 1. The predicted molar refractivity (Wildman–Crippen MR) is 95.2 cm³/mol. The fraction of sp³-hybridized carbons (Fsp3) is 0.333. The van der Waals surface area contributed by atoms with Gasteiger partial charge < -0.3 is 5.32 Å². The Labute approximate surface area is 145 Å². The highest BCUT2D eigenvalue weighted by Crippen LogP contribution is 2.22. The summed E-state index contributed by atoms with van der Waals surface area (Å²) in [6.07, 6.45) is 3.63. The van der Waals surface area contributed by atoms with E-state index in [4.69, 9.17) is 0 Å². The number of nitrogens with zero attached hydrogens (tertiary/aromatic N) is 2. The number of halogens is 1. The van der Waals surface area contributed by atoms with Crippen LogP contribution in [0.5, 0.6) is 0 Å². The van der Waals surface area contributed by atoms with Crippen LogP contribution in [0.25, 0.3) is 0 Å². The van der Waals surface area contributed by atoms with Crippen LogP contribution in [-0.4, -0.2) is 28.4 Å². The first-order valence-corrected chi connectivity index (χ1v) is 8.63. The molecule has 1 saturated heterocycles. The first-order valence-electron chi connectivity index (χ1n) is 7.84. The highest BCUT2D eigenvalue weighted by atomic mass is 79.9. The van der Waals surface area contributed by atoms with Crippen molar-refractivity contribution in [3.63, 3.8) is 0 Å². The average molecular weight is 374 g/mol. The molecule has 23 heavy (non-hydrogen) atoms. The molecule has 1 N–H and O–H groups in total. The Bertz CT molecular complexity index is 687. The van der Waals surface area contributed by atoms with Gasteiger partial charge in [-0.05, 0) is 59.9 Å². The fourth-order valence-corrected chi connectivity index (χ4v) is 3.27. The summed E-state index contributed by atoms with van der Waals surface area (Å²) in [5, 5.41) is 2.97. The summed E-state index contributed by atoms with van der Waals surface area (Å²) >= 11 is 3.30. The van der Waals surface area contributed by atoms with Crippen molar-refractivity contribution < 1.29 is 4.79 Å². The zero-order valence-corrected chi connectivity index (χ0v) is 14.7. The average Bonchev–Trinajstić information content (AvgIpc) is 2.98. The standard InChI is InChI=1S/C18H20BrN3O/c1-13-4-2-5-14(10-13)12-22-9-3-6-16(22)18(23)21-15-7-8-17(19)20-11-15/h2,4-5,7-8,10-11,16H,3,6,9,12H2,1H3,(H,21,23). The number of likely N-dealkylation sites (tertiary alicyclic amines) is 1. The van der Waals surface area contributed by atoms with Gasteiger partial charge in [-0.2, -0.15) is 0 Å². The molecule has 1 aromatic carbocycles.